The predicted octanol–water partition coefficient (Wildman–Crippen LogP) is 3.25. The first-order chi connectivity index (χ1) is 11.3. The number of amides is 2. The van der Waals surface area contributed by atoms with E-state index in [2.05, 4.69) is 10.6 Å². The lowest BCUT2D eigenvalue weighted by atomic mass is 10.1. The molecule has 24 heavy (non-hydrogen) atoms. The molecule has 2 aromatic rings. The second-order valence-corrected chi connectivity index (χ2v) is 6.46. The normalized spacial score (nSPS) is 13.1. The Morgan fingerprint density at radius 2 is 2.17 bits per heavy atom. The van der Waals surface area contributed by atoms with E-state index in [9.17, 15) is 20.0 Å². The molecule has 128 valence electrons. The van der Waals surface area contributed by atoms with Gasteiger partial charge in [-0.3, -0.25) is 10.1 Å². The Labute approximate surface area is 143 Å². The van der Waals surface area contributed by atoms with Crippen molar-refractivity contribution >= 4 is 28.7 Å². The van der Waals surface area contributed by atoms with Gasteiger partial charge in [0.1, 0.15) is 5.60 Å². The largest absolute Gasteiger partial charge is 0.383 e. The van der Waals surface area contributed by atoms with Crippen molar-refractivity contribution in [2.45, 2.75) is 25.9 Å². The van der Waals surface area contributed by atoms with Crippen LogP contribution in [0.3, 0.4) is 0 Å². The third-order valence-electron chi connectivity index (χ3n) is 3.57. The number of aryl methyl sites for hydroxylation is 1. The van der Waals surface area contributed by atoms with Gasteiger partial charge in [-0.25, -0.2) is 4.79 Å². The third-order valence-corrected chi connectivity index (χ3v) is 4.69. The summed E-state index contributed by atoms with van der Waals surface area (Å²) in [5, 5.41) is 28.4. The van der Waals surface area contributed by atoms with Gasteiger partial charge in [0.25, 0.3) is 5.69 Å². The Hall–Kier alpha value is -2.45. The summed E-state index contributed by atoms with van der Waals surface area (Å²) in [4.78, 5) is 23.3. The molecule has 3 N–H and O–H groups in total. The van der Waals surface area contributed by atoms with Gasteiger partial charge in [-0.05, 0) is 30.9 Å². The molecule has 0 saturated carbocycles. The number of hydrogen-bond acceptors (Lipinski definition) is 5. The minimum absolute atomic E-state index is 0.0223. The van der Waals surface area contributed by atoms with E-state index in [1.165, 1.54) is 17.4 Å². The minimum atomic E-state index is -1.18. The molecule has 0 fully saturated rings. The van der Waals surface area contributed by atoms with Crippen LogP contribution in [0.25, 0.3) is 0 Å². The highest BCUT2D eigenvalue weighted by atomic mass is 32.1. The fourth-order valence-electron chi connectivity index (χ4n) is 2.21. The molecule has 0 bridgehead atoms. The second-order valence-electron chi connectivity index (χ2n) is 5.51. The number of rotatable bonds is 6. The molecule has 0 aliphatic carbocycles. The predicted molar refractivity (Wildman–Crippen MR) is 93.4 cm³/mol. The van der Waals surface area contributed by atoms with Crippen molar-refractivity contribution in [2.24, 2.45) is 0 Å². The molecule has 0 aliphatic heterocycles. The molecule has 2 amide bonds. The van der Waals surface area contributed by atoms with Crippen molar-refractivity contribution in [2.75, 3.05) is 11.9 Å². The number of anilines is 1. The first kappa shape index (κ1) is 17.9. The maximum atomic E-state index is 12.0. The van der Waals surface area contributed by atoms with Crippen LogP contribution in [-0.2, 0) is 12.0 Å². The third kappa shape index (κ3) is 4.30. The fraction of sp³-hybridized carbons (Fsp3) is 0.312. The number of carbonyl (C=O) groups excluding carboxylic acids is 1. The lowest BCUT2D eigenvalue weighted by molar-refractivity contribution is -0.385. The zero-order chi connectivity index (χ0) is 17.7. The van der Waals surface area contributed by atoms with E-state index < -0.39 is 16.6 Å². The summed E-state index contributed by atoms with van der Waals surface area (Å²) < 4.78 is 0. The summed E-state index contributed by atoms with van der Waals surface area (Å²) in [6, 6.07) is 7.64. The van der Waals surface area contributed by atoms with Crippen LogP contribution in [0, 0.1) is 10.1 Å². The van der Waals surface area contributed by atoms with Crippen molar-refractivity contribution in [1.29, 1.82) is 0 Å². The van der Waals surface area contributed by atoms with Gasteiger partial charge in [-0.2, -0.15) is 0 Å². The summed E-state index contributed by atoms with van der Waals surface area (Å²) in [6.45, 7) is 3.46. The number of nitro groups is 1. The number of nitro benzene ring substituents is 1. The Kier molecular flexibility index (Phi) is 5.53. The van der Waals surface area contributed by atoms with E-state index in [1.807, 2.05) is 18.4 Å². The van der Waals surface area contributed by atoms with Crippen molar-refractivity contribution in [3.05, 3.63) is 56.3 Å². The monoisotopic (exact) mass is 349 g/mol. The van der Waals surface area contributed by atoms with Crippen molar-refractivity contribution in [3.8, 4) is 0 Å². The number of thiophene rings is 1. The Morgan fingerprint density at radius 1 is 1.42 bits per heavy atom. The maximum absolute atomic E-state index is 12.0. The summed E-state index contributed by atoms with van der Waals surface area (Å²) in [6.07, 6.45) is 0.534. The van der Waals surface area contributed by atoms with Crippen LogP contribution in [0.1, 0.15) is 24.3 Å². The zero-order valence-corrected chi connectivity index (χ0v) is 14.2. The van der Waals surface area contributed by atoms with Crippen molar-refractivity contribution < 1.29 is 14.8 Å². The molecule has 7 nitrogen and oxygen atoms in total. The Morgan fingerprint density at radius 3 is 2.75 bits per heavy atom. The van der Waals surface area contributed by atoms with Crippen LogP contribution in [0.15, 0.2) is 35.7 Å². The van der Waals surface area contributed by atoms with E-state index >= 15 is 0 Å². The van der Waals surface area contributed by atoms with Gasteiger partial charge in [0.15, 0.2) is 0 Å². The van der Waals surface area contributed by atoms with Crippen LogP contribution in [-0.4, -0.2) is 22.6 Å². The van der Waals surface area contributed by atoms with Gasteiger partial charge < -0.3 is 15.7 Å². The van der Waals surface area contributed by atoms with Gasteiger partial charge in [0, 0.05) is 22.2 Å². The zero-order valence-electron chi connectivity index (χ0n) is 13.4. The number of carbonyl (C=O) groups is 1. The molecule has 1 aromatic carbocycles. The number of benzene rings is 1. The van der Waals surface area contributed by atoms with Crippen LogP contribution >= 0.6 is 11.3 Å². The highest BCUT2D eigenvalue weighted by Crippen LogP contribution is 2.25. The maximum Gasteiger partial charge on any atom is 0.319 e. The average Bonchev–Trinajstić information content (AvgIpc) is 3.08. The molecular formula is C16H19N3O4S. The number of nitrogens with zero attached hydrogens (tertiary/aromatic N) is 1. The quantitative estimate of drug-likeness (QED) is 0.550. The molecule has 8 heteroatoms. The summed E-state index contributed by atoms with van der Waals surface area (Å²) >= 11 is 1.40. The molecule has 0 aliphatic rings. The Balaban J connectivity index is 2.00. The number of urea groups is 1. The number of nitrogens with one attached hydrogen (secondary N) is 2. The standard InChI is InChI=1S/C16H19N3O4S/c1-3-11-6-7-12(9-13(11)19(22)23)18-15(20)17-10-16(2,21)14-5-4-8-24-14/h4-9,21H,3,10H2,1-2H3,(H2,17,18,20). The van der Waals surface area contributed by atoms with E-state index in [-0.39, 0.29) is 12.2 Å². The summed E-state index contributed by atoms with van der Waals surface area (Å²) in [5.41, 5.74) is -0.275. The smallest absolute Gasteiger partial charge is 0.319 e. The molecule has 1 unspecified atom stereocenters. The van der Waals surface area contributed by atoms with Crippen LogP contribution < -0.4 is 10.6 Å². The molecule has 1 atom stereocenters. The summed E-state index contributed by atoms with van der Waals surface area (Å²) in [7, 11) is 0. The van der Waals surface area contributed by atoms with Gasteiger partial charge in [0.05, 0.1) is 11.5 Å². The number of hydrogen-bond donors (Lipinski definition) is 3. The van der Waals surface area contributed by atoms with E-state index in [4.69, 9.17) is 0 Å². The van der Waals surface area contributed by atoms with Gasteiger partial charge >= 0.3 is 6.03 Å². The molecular weight excluding hydrogens is 330 g/mol. The molecule has 1 aromatic heterocycles. The fourth-order valence-corrected chi connectivity index (χ4v) is 3.00. The van der Waals surface area contributed by atoms with Gasteiger partial charge in [-0.15, -0.1) is 11.3 Å². The second kappa shape index (κ2) is 7.41. The van der Waals surface area contributed by atoms with E-state index in [0.717, 1.165) is 4.88 Å². The highest BCUT2D eigenvalue weighted by molar-refractivity contribution is 7.10. The highest BCUT2D eigenvalue weighted by Gasteiger charge is 2.25. The van der Waals surface area contributed by atoms with Crippen molar-refractivity contribution in [1.82, 2.24) is 5.32 Å². The lowest BCUT2D eigenvalue weighted by Gasteiger charge is -2.22. The molecule has 1 heterocycles. The molecule has 0 radical (unpaired) electrons. The summed E-state index contributed by atoms with van der Waals surface area (Å²) in [5.74, 6) is 0. The van der Waals surface area contributed by atoms with E-state index in [1.54, 1.807) is 25.1 Å². The van der Waals surface area contributed by atoms with Crippen LogP contribution in [0.5, 0.6) is 0 Å². The molecule has 0 spiro atoms. The Bertz CT molecular complexity index is 729. The van der Waals surface area contributed by atoms with Crippen LogP contribution in [0.4, 0.5) is 16.2 Å². The minimum Gasteiger partial charge on any atom is -0.383 e. The first-order valence-electron chi connectivity index (χ1n) is 7.42. The van der Waals surface area contributed by atoms with Gasteiger partial charge in [-0.1, -0.05) is 19.1 Å². The topological polar surface area (TPSA) is 104 Å². The number of aliphatic hydroxyl groups is 1. The van der Waals surface area contributed by atoms with Gasteiger partial charge in [0.2, 0.25) is 0 Å². The molecule has 2 rings (SSSR count). The van der Waals surface area contributed by atoms with Crippen LogP contribution in [0.2, 0.25) is 0 Å². The first-order valence-corrected chi connectivity index (χ1v) is 8.30. The lowest BCUT2D eigenvalue weighted by Crippen LogP contribution is -2.40. The molecule has 0 saturated heterocycles. The van der Waals surface area contributed by atoms with Crippen molar-refractivity contribution in [3.63, 3.8) is 0 Å². The SMILES string of the molecule is CCc1ccc(NC(=O)NCC(C)(O)c2cccs2)cc1[N+](=O)[O-]. The van der Waals surface area contributed by atoms with E-state index in [0.29, 0.717) is 17.7 Å². The average molecular weight is 349 g/mol.